The van der Waals surface area contributed by atoms with Gasteiger partial charge in [0.1, 0.15) is 0 Å². The van der Waals surface area contributed by atoms with Gasteiger partial charge >= 0.3 is 0 Å². The van der Waals surface area contributed by atoms with Crippen LogP contribution in [0.4, 0.5) is 0 Å². The fourth-order valence-corrected chi connectivity index (χ4v) is 2.84. The van der Waals surface area contributed by atoms with Crippen molar-refractivity contribution in [2.24, 2.45) is 0 Å². The van der Waals surface area contributed by atoms with Crippen molar-refractivity contribution in [3.8, 4) is 0 Å². The van der Waals surface area contributed by atoms with Crippen molar-refractivity contribution in [3.63, 3.8) is 0 Å². The van der Waals surface area contributed by atoms with E-state index in [2.05, 4.69) is 10.3 Å². The van der Waals surface area contributed by atoms with Gasteiger partial charge in [-0.2, -0.15) is 0 Å². The lowest BCUT2D eigenvalue weighted by atomic mass is 10.0. The Morgan fingerprint density at radius 3 is 2.80 bits per heavy atom. The molecule has 20 heavy (non-hydrogen) atoms. The van der Waals surface area contributed by atoms with E-state index in [1.54, 1.807) is 12.3 Å². The monoisotopic (exact) mass is 270 g/mol. The molecule has 1 aromatic heterocycles. The number of hydrogen-bond donors (Lipinski definition) is 2. The molecular weight excluding hydrogens is 252 g/mol. The molecule has 1 saturated carbocycles. The molecule has 0 atom stereocenters. The number of fused-ring (bicyclic) bond motifs is 1. The highest BCUT2D eigenvalue weighted by atomic mass is 16.3. The van der Waals surface area contributed by atoms with Crippen molar-refractivity contribution in [2.75, 3.05) is 6.54 Å². The van der Waals surface area contributed by atoms with Gasteiger partial charge in [-0.1, -0.05) is 31.0 Å². The van der Waals surface area contributed by atoms with Crippen molar-refractivity contribution in [1.29, 1.82) is 0 Å². The Labute approximate surface area is 117 Å². The summed E-state index contributed by atoms with van der Waals surface area (Å²) < 4.78 is 0. The summed E-state index contributed by atoms with van der Waals surface area (Å²) in [5.74, 6) is -0.149. The third-order valence-electron chi connectivity index (χ3n) is 4.01. The van der Waals surface area contributed by atoms with Gasteiger partial charge in [-0.05, 0) is 25.0 Å². The maximum Gasteiger partial charge on any atom is 0.252 e. The summed E-state index contributed by atoms with van der Waals surface area (Å²) in [5.41, 5.74) is 0.690. The van der Waals surface area contributed by atoms with E-state index >= 15 is 0 Å². The molecule has 1 aromatic carbocycles. The number of nitrogens with one attached hydrogen (secondary N) is 1. The summed E-state index contributed by atoms with van der Waals surface area (Å²) in [6.45, 7) is 0.322. The first-order chi connectivity index (χ1) is 9.68. The third kappa shape index (κ3) is 2.51. The molecule has 0 radical (unpaired) electrons. The van der Waals surface area contributed by atoms with Crippen LogP contribution >= 0.6 is 0 Å². The first-order valence-corrected chi connectivity index (χ1v) is 7.02. The number of rotatable bonds is 3. The van der Waals surface area contributed by atoms with E-state index in [0.717, 1.165) is 36.6 Å². The molecule has 0 saturated heterocycles. The summed E-state index contributed by atoms with van der Waals surface area (Å²) in [4.78, 5) is 16.6. The van der Waals surface area contributed by atoms with Gasteiger partial charge in [0, 0.05) is 18.1 Å². The Morgan fingerprint density at radius 2 is 2.00 bits per heavy atom. The molecule has 3 rings (SSSR count). The van der Waals surface area contributed by atoms with Crippen molar-refractivity contribution < 1.29 is 9.90 Å². The molecule has 2 aromatic rings. The number of carbonyl (C=O) groups excluding carboxylic acids is 1. The Bertz CT molecular complexity index is 628. The highest BCUT2D eigenvalue weighted by Gasteiger charge is 2.31. The number of para-hydroxylation sites is 1. The van der Waals surface area contributed by atoms with Crippen LogP contribution in [0.1, 0.15) is 36.0 Å². The van der Waals surface area contributed by atoms with E-state index < -0.39 is 5.60 Å². The van der Waals surface area contributed by atoms with E-state index in [-0.39, 0.29) is 5.91 Å². The van der Waals surface area contributed by atoms with Crippen LogP contribution in [0.25, 0.3) is 10.9 Å². The molecule has 0 aliphatic heterocycles. The number of hydrogen-bond acceptors (Lipinski definition) is 3. The van der Waals surface area contributed by atoms with Crippen LogP contribution in [0.2, 0.25) is 0 Å². The van der Waals surface area contributed by atoms with Crippen LogP contribution in [0.15, 0.2) is 36.5 Å². The summed E-state index contributed by atoms with van der Waals surface area (Å²) >= 11 is 0. The molecule has 1 amide bonds. The van der Waals surface area contributed by atoms with Crippen LogP contribution in [0.5, 0.6) is 0 Å². The predicted molar refractivity (Wildman–Crippen MR) is 77.5 cm³/mol. The third-order valence-corrected chi connectivity index (χ3v) is 4.01. The molecular formula is C16H18N2O2. The molecule has 2 N–H and O–H groups in total. The molecule has 1 aliphatic rings. The first kappa shape index (κ1) is 13.1. The average molecular weight is 270 g/mol. The zero-order valence-corrected chi connectivity index (χ0v) is 11.3. The zero-order valence-electron chi connectivity index (χ0n) is 11.3. The van der Waals surface area contributed by atoms with Crippen molar-refractivity contribution in [1.82, 2.24) is 10.3 Å². The van der Waals surface area contributed by atoms with Crippen LogP contribution < -0.4 is 5.32 Å². The number of pyridine rings is 1. The Kier molecular flexibility index (Phi) is 3.40. The van der Waals surface area contributed by atoms with Crippen molar-refractivity contribution >= 4 is 16.8 Å². The topological polar surface area (TPSA) is 62.2 Å². The van der Waals surface area contributed by atoms with Crippen LogP contribution in [0.3, 0.4) is 0 Å². The second-order valence-corrected chi connectivity index (χ2v) is 5.49. The molecule has 1 fully saturated rings. The SMILES string of the molecule is O=C(NCC1(O)CCCC1)c1ccnc2ccccc12. The highest BCUT2D eigenvalue weighted by molar-refractivity contribution is 6.05. The van der Waals surface area contributed by atoms with Gasteiger partial charge in [0.05, 0.1) is 16.7 Å². The number of benzene rings is 1. The fourth-order valence-electron chi connectivity index (χ4n) is 2.84. The molecule has 1 aliphatic carbocycles. The Morgan fingerprint density at radius 1 is 1.25 bits per heavy atom. The van der Waals surface area contributed by atoms with Crippen LogP contribution in [-0.4, -0.2) is 28.1 Å². The molecule has 0 unspecified atom stereocenters. The van der Waals surface area contributed by atoms with E-state index in [9.17, 15) is 9.90 Å². The van der Waals surface area contributed by atoms with Gasteiger partial charge in [-0.25, -0.2) is 0 Å². The van der Waals surface area contributed by atoms with E-state index in [4.69, 9.17) is 0 Å². The lowest BCUT2D eigenvalue weighted by Crippen LogP contribution is -2.40. The van der Waals surface area contributed by atoms with Crippen LogP contribution in [-0.2, 0) is 0 Å². The number of amides is 1. The highest BCUT2D eigenvalue weighted by Crippen LogP contribution is 2.28. The first-order valence-electron chi connectivity index (χ1n) is 7.02. The number of aromatic nitrogens is 1. The molecule has 4 nitrogen and oxygen atoms in total. The summed E-state index contributed by atoms with van der Waals surface area (Å²) in [6.07, 6.45) is 5.24. The van der Waals surface area contributed by atoms with E-state index in [1.807, 2.05) is 24.3 Å². The second-order valence-electron chi connectivity index (χ2n) is 5.49. The molecule has 0 spiro atoms. The van der Waals surface area contributed by atoms with Gasteiger partial charge in [0.25, 0.3) is 5.91 Å². The standard InChI is InChI=1S/C16H18N2O2/c19-15(18-11-16(20)8-3-4-9-16)13-7-10-17-14-6-2-1-5-12(13)14/h1-2,5-7,10,20H,3-4,8-9,11H2,(H,18,19). The van der Waals surface area contributed by atoms with Gasteiger partial charge in [0.15, 0.2) is 0 Å². The van der Waals surface area contributed by atoms with Crippen molar-refractivity contribution in [2.45, 2.75) is 31.3 Å². The predicted octanol–water partition coefficient (Wildman–Crippen LogP) is 2.27. The second kappa shape index (κ2) is 5.21. The summed E-state index contributed by atoms with van der Waals surface area (Å²) in [6, 6.07) is 9.29. The molecule has 4 heteroatoms. The Hall–Kier alpha value is -1.94. The van der Waals surface area contributed by atoms with Gasteiger partial charge in [-0.15, -0.1) is 0 Å². The van der Waals surface area contributed by atoms with Gasteiger partial charge in [-0.3, -0.25) is 9.78 Å². The number of nitrogens with zero attached hydrogens (tertiary/aromatic N) is 1. The van der Waals surface area contributed by atoms with E-state index in [0.29, 0.717) is 12.1 Å². The minimum Gasteiger partial charge on any atom is -0.388 e. The van der Waals surface area contributed by atoms with E-state index in [1.165, 1.54) is 0 Å². The largest absolute Gasteiger partial charge is 0.388 e. The Balaban J connectivity index is 1.79. The number of carbonyl (C=O) groups is 1. The fraction of sp³-hybridized carbons (Fsp3) is 0.375. The molecule has 0 bridgehead atoms. The molecule has 104 valence electrons. The van der Waals surface area contributed by atoms with Gasteiger partial charge in [0.2, 0.25) is 0 Å². The smallest absolute Gasteiger partial charge is 0.252 e. The van der Waals surface area contributed by atoms with Crippen molar-refractivity contribution in [3.05, 3.63) is 42.1 Å². The maximum atomic E-state index is 12.3. The minimum atomic E-state index is -0.724. The lowest BCUT2D eigenvalue weighted by molar-refractivity contribution is 0.0450. The molecule has 1 heterocycles. The minimum absolute atomic E-state index is 0.149. The summed E-state index contributed by atoms with van der Waals surface area (Å²) in [5, 5.41) is 14.0. The lowest BCUT2D eigenvalue weighted by Gasteiger charge is -2.22. The summed E-state index contributed by atoms with van der Waals surface area (Å²) in [7, 11) is 0. The average Bonchev–Trinajstić information content (AvgIpc) is 2.91. The quantitative estimate of drug-likeness (QED) is 0.899. The zero-order chi connectivity index (χ0) is 14.0. The number of aliphatic hydroxyl groups is 1. The normalized spacial score (nSPS) is 17.2. The van der Waals surface area contributed by atoms with Crippen LogP contribution in [0, 0.1) is 0 Å². The van der Waals surface area contributed by atoms with Gasteiger partial charge < -0.3 is 10.4 Å². The maximum absolute atomic E-state index is 12.3.